The van der Waals surface area contributed by atoms with Crippen molar-refractivity contribution in [2.24, 2.45) is 5.92 Å². The molecule has 0 radical (unpaired) electrons. The number of carboxylic acid groups (broad SMARTS) is 1. The van der Waals surface area contributed by atoms with Crippen LogP contribution in [0.5, 0.6) is 5.75 Å². The SMILES string of the molecule is COCCCOc1ccc(C(=O)N[C@@H](CC(C)C)C(=O)O)cc1. The van der Waals surface area contributed by atoms with Crippen molar-refractivity contribution >= 4 is 11.9 Å². The van der Waals surface area contributed by atoms with Crippen molar-refractivity contribution in [1.82, 2.24) is 5.32 Å². The zero-order valence-corrected chi connectivity index (χ0v) is 13.9. The maximum Gasteiger partial charge on any atom is 0.326 e. The average molecular weight is 323 g/mol. The predicted octanol–water partition coefficient (Wildman–Crippen LogP) is 2.33. The highest BCUT2D eigenvalue weighted by molar-refractivity contribution is 5.96. The van der Waals surface area contributed by atoms with E-state index in [1.807, 2.05) is 13.8 Å². The molecule has 6 nitrogen and oxygen atoms in total. The van der Waals surface area contributed by atoms with Crippen LogP contribution in [0.4, 0.5) is 0 Å². The minimum Gasteiger partial charge on any atom is -0.494 e. The summed E-state index contributed by atoms with van der Waals surface area (Å²) in [5.41, 5.74) is 0.407. The number of hydrogen-bond donors (Lipinski definition) is 2. The molecule has 1 amide bonds. The van der Waals surface area contributed by atoms with Gasteiger partial charge in [-0.25, -0.2) is 4.79 Å². The summed E-state index contributed by atoms with van der Waals surface area (Å²) < 4.78 is 10.4. The van der Waals surface area contributed by atoms with Gasteiger partial charge in [0.25, 0.3) is 5.91 Å². The molecule has 6 heteroatoms. The van der Waals surface area contributed by atoms with E-state index >= 15 is 0 Å². The molecular weight excluding hydrogens is 298 g/mol. The molecule has 1 aromatic carbocycles. The van der Waals surface area contributed by atoms with Crippen molar-refractivity contribution in [3.8, 4) is 5.75 Å². The van der Waals surface area contributed by atoms with Crippen LogP contribution in [0.25, 0.3) is 0 Å². The third-order valence-electron chi connectivity index (χ3n) is 3.19. The lowest BCUT2D eigenvalue weighted by molar-refractivity contribution is -0.139. The molecular formula is C17H25NO5. The Labute approximate surface area is 136 Å². The van der Waals surface area contributed by atoms with Gasteiger partial charge >= 0.3 is 5.97 Å². The number of rotatable bonds is 10. The van der Waals surface area contributed by atoms with Gasteiger partial charge in [0, 0.05) is 25.7 Å². The first-order valence-electron chi connectivity index (χ1n) is 7.69. The monoisotopic (exact) mass is 323 g/mol. The third-order valence-corrected chi connectivity index (χ3v) is 3.19. The molecule has 0 spiro atoms. The fraction of sp³-hybridized carbons (Fsp3) is 0.529. The van der Waals surface area contributed by atoms with E-state index in [-0.39, 0.29) is 5.92 Å². The summed E-state index contributed by atoms with van der Waals surface area (Å²) in [4.78, 5) is 23.3. The van der Waals surface area contributed by atoms with Gasteiger partial charge in [0.05, 0.1) is 6.61 Å². The van der Waals surface area contributed by atoms with E-state index in [0.717, 1.165) is 6.42 Å². The fourth-order valence-corrected chi connectivity index (χ4v) is 2.03. The molecule has 0 aliphatic rings. The molecule has 0 aromatic heterocycles. The highest BCUT2D eigenvalue weighted by Crippen LogP contribution is 2.13. The lowest BCUT2D eigenvalue weighted by Gasteiger charge is -2.16. The van der Waals surface area contributed by atoms with E-state index in [1.165, 1.54) is 0 Å². The van der Waals surface area contributed by atoms with Crippen LogP contribution >= 0.6 is 0 Å². The lowest BCUT2D eigenvalue weighted by Crippen LogP contribution is -2.41. The normalized spacial score (nSPS) is 12.0. The maximum absolute atomic E-state index is 12.1. The van der Waals surface area contributed by atoms with Crippen LogP contribution in [-0.4, -0.2) is 43.3 Å². The summed E-state index contributed by atoms with van der Waals surface area (Å²) in [7, 11) is 1.64. The first-order chi connectivity index (χ1) is 10.9. The molecule has 0 aliphatic carbocycles. The number of benzene rings is 1. The molecule has 1 aromatic rings. The molecule has 1 rings (SSSR count). The predicted molar refractivity (Wildman–Crippen MR) is 86.8 cm³/mol. The number of carbonyl (C=O) groups is 2. The molecule has 23 heavy (non-hydrogen) atoms. The van der Waals surface area contributed by atoms with Crippen molar-refractivity contribution in [3.63, 3.8) is 0 Å². The van der Waals surface area contributed by atoms with Crippen molar-refractivity contribution < 1.29 is 24.2 Å². The first kappa shape index (κ1) is 19.0. The van der Waals surface area contributed by atoms with Gasteiger partial charge in [-0.2, -0.15) is 0 Å². The van der Waals surface area contributed by atoms with Gasteiger partial charge in [0.15, 0.2) is 0 Å². The molecule has 0 aliphatic heterocycles. The second kappa shape index (κ2) is 9.84. The number of ether oxygens (including phenoxy) is 2. The van der Waals surface area contributed by atoms with Gasteiger partial charge in [0.1, 0.15) is 11.8 Å². The quantitative estimate of drug-likeness (QED) is 0.646. The van der Waals surface area contributed by atoms with E-state index in [1.54, 1.807) is 31.4 Å². The molecule has 0 saturated carbocycles. The largest absolute Gasteiger partial charge is 0.494 e. The number of methoxy groups -OCH3 is 1. The molecule has 2 N–H and O–H groups in total. The minimum absolute atomic E-state index is 0.180. The van der Waals surface area contributed by atoms with Gasteiger partial charge in [0.2, 0.25) is 0 Å². The summed E-state index contributed by atoms with van der Waals surface area (Å²) in [6.07, 6.45) is 1.18. The van der Waals surface area contributed by atoms with Gasteiger partial charge in [-0.05, 0) is 36.6 Å². The number of carbonyl (C=O) groups excluding carboxylic acids is 1. The Morgan fingerprint density at radius 3 is 2.35 bits per heavy atom. The Hall–Kier alpha value is -2.08. The fourth-order valence-electron chi connectivity index (χ4n) is 2.03. The van der Waals surface area contributed by atoms with Crippen LogP contribution < -0.4 is 10.1 Å². The maximum atomic E-state index is 12.1. The zero-order valence-electron chi connectivity index (χ0n) is 13.9. The zero-order chi connectivity index (χ0) is 17.2. The van der Waals surface area contributed by atoms with Crippen molar-refractivity contribution in [1.29, 1.82) is 0 Å². The van der Waals surface area contributed by atoms with Crippen molar-refractivity contribution in [2.45, 2.75) is 32.7 Å². The summed E-state index contributed by atoms with van der Waals surface area (Å²) >= 11 is 0. The number of nitrogens with one attached hydrogen (secondary N) is 1. The molecule has 0 heterocycles. The van der Waals surface area contributed by atoms with E-state index in [9.17, 15) is 9.59 Å². The molecule has 0 unspecified atom stereocenters. The average Bonchev–Trinajstić information content (AvgIpc) is 2.51. The van der Waals surface area contributed by atoms with Crippen LogP contribution in [0.1, 0.15) is 37.0 Å². The summed E-state index contributed by atoms with van der Waals surface area (Å²) in [5, 5.41) is 11.7. The van der Waals surface area contributed by atoms with E-state index < -0.39 is 17.9 Å². The molecule has 0 fully saturated rings. The Bertz CT molecular complexity index is 498. The van der Waals surface area contributed by atoms with Gasteiger partial charge in [-0.15, -0.1) is 0 Å². The van der Waals surface area contributed by atoms with Crippen LogP contribution in [0, 0.1) is 5.92 Å². The molecule has 128 valence electrons. The second-order valence-electron chi connectivity index (χ2n) is 5.71. The smallest absolute Gasteiger partial charge is 0.326 e. The van der Waals surface area contributed by atoms with E-state index in [4.69, 9.17) is 14.6 Å². The van der Waals surface area contributed by atoms with Crippen LogP contribution in [-0.2, 0) is 9.53 Å². The minimum atomic E-state index is -1.02. The van der Waals surface area contributed by atoms with Gasteiger partial charge in [-0.1, -0.05) is 13.8 Å². The molecule has 0 saturated heterocycles. The topological polar surface area (TPSA) is 84.9 Å². The Balaban J connectivity index is 2.57. The Kier molecular flexibility index (Phi) is 8.11. The van der Waals surface area contributed by atoms with E-state index in [2.05, 4.69) is 5.32 Å². The standard InChI is InChI=1S/C17H25NO5/c1-12(2)11-15(17(20)21)18-16(19)13-5-7-14(8-6-13)23-10-4-9-22-3/h5-8,12,15H,4,9-11H2,1-3H3,(H,18,19)(H,20,21)/t15-/m0/s1. The van der Waals surface area contributed by atoms with Gasteiger partial charge < -0.3 is 19.9 Å². The third kappa shape index (κ3) is 7.15. The van der Waals surface area contributed by atoms with Gasteiger partial charge in [-0.3, -0.25) is 4.79 Å². The summed E-state index contributed by atoms with van der Waals surface area (Å²) in [6.45, 7) is 5.00. The van der Waals surface area contributed by atoms with Crippen LogP contribution in [0.15, 0.2) is 24.3 Å². The molecule has 1 atom stereocenters. The summed E-state index contributed by atoms with van der Waals surface area (Å²) in [5.74, 6) is -0.581. The van der Waals surface area contributed by atoms with Crippen LogP contribution in [0.3, 0.4) is 0 Å². The second-order valence-corrected chi connectivity index (χ2v) is 5.71. The van der Waals surface area contributed by atoms with Crippen molar-refractivity contribution in [3.05, 3.63) is 29.8 Å². The lowest BCUT2D eigenvalue weighted by atomic mass is 10.0. The van der Waals surface area contributed by atoms with Crippen molar-refractivity contribution in [2.75, 3.05) is 20.3 Å². The first-order valence-corrected chi connectivity index (χ1v) is 7.69. The van der Waals surface area contributed by atoms with E-state index in [0.29, 0.717) is 30.9 Å². The van der Waals surface area contributed by atoms with Crippen LogP contribution in [0.2, 0.25) is 0 Å². The highest BCUT2D eigenvalue weighted by Gasteiger charge is 2.21. The Morgan fingerprint density at radius 1 is 1.17 bits per heavy atom. The number of aliphatic carboxylic acids is 1. The number of hydrogen-bond acceptors (Lipinski definition) is 4. The number of amides is 1. The number of carboxylic acids is 1. The Morgan fingerprint density at radius 2 is 1.83 bits per heavy atom. The molecule has 0 bridgehead atoms. The highest BCUT2D eigenvalue weighted by atomic mass is 16.5. The summed E-state index contributed by atoms with van der Waals surface area (Å²) in [6, 6.07) is 5.75.